The van der Waals surface area contributed by atoms with E-state index in [1.165, 1.54) is 12.6 Å². The van der Waals surface area contributed by atoms with E-state index in [2.05, 4.69) is 19.9 Å². The average molecular weight is 323 g/mol. The van der Waals surface area contributed by atoms with Crippen molar-refractivity contribution in [2.75, 3.05) is 23.5 Å². The quantitative estimate of drug-likeness (QED) is 0.842. The second-order valence-electron chi connectivity index (χ2n) is 5.84. The van der Waals surface area contributed by atoms with Crippen LogP contribution in [0.3, 0.4) is 0 Å². The van der Waals surface area contributed by atoms with Crippen LogP contribution in [0.15, 0.2) is 12.7 Å². The number of aromatic nitrogens is 4. The summed E-state index contributed by atoms with van der Waals surface area (Å²) in [6.07, 6.45) is 7.55. The molecule has 0 amide bonds. The number of piperidine rings is 1. The molecular formula is C14H21N5O2S. The van der Waals surface area contributed by atoms with Gasteiger partial charge in [-0.3, -0.25) is 0 Å². The minimum atomic E-state index is -3.03. The van der Waals surface area contributed by atoms with Crippen molar-refractivity contribution in [1.82, 2.24) is 19.5 Å². The van der Waals surface area contributed by atoms with E-state index >= 15 is 0 Å². The van der Waals surface area contributed by atoms with E-state index in [1.807, 2.05) is 11.5 Å². The highest BCUT2D eigenvalue weighted by Crippen LogP contribution is 2.28. The molecule has 1 saturated heterocycles. The maximum absolute atomic E-state index is 11.7. The van der Waals surface area contributed by atoms with E-state index in [0.29, 0.717) is 0 Å². The molecule has 3 heterocycles. The lowest BCUT2D eigenvalue weighted by Gasteiger charge is -2.36. The Labute approximate surface area is 130 Å². The lowest BCUT2D eigenvalue weighted by atomic mass is 10.0. The van der Waals surface area contributed by atoms with E-state index in [-0.39, 0.29) is 11.8 Å². The summed E-state index contributed by atoms with van der Waals surface area (Å²) in [5.41, 5.74) is 1.56. The van der Waals surface area contributed by atoms with Gasteiger partial charge in [0.05, 0.1) is 12.1 Å². The van der Waals surface area contributed by atoms with Crippen molar-refractivity contribution in [3.8, 4) is 0 Å². The molecule has 0 spiro atoms. The summed E-state index contributed by atoms with van der Waals surface area (Å²) in [5, 5.41) is 0. The van der Waals surface area contributed by atoms with E-state index in [0.717, 1.165) is 49.3 Å². The average Bonchev–Trinajstić information content (AvgIpc) is 2.89. The lowest BCUT2D eigenvalue weighted by molar-refractivity contribution is 0.478. The number of rotatable bonds is 4. The maximum atomic E-state index is 11.7. The number of imidazole rings is 1. The van der Waals surface area contributed by atoms with Crippen LogP contribution in [0.4, 0.5) is 5.82 Å². The molecule has 1 atom stereocenters. The predicted molar refractivity (Wildman–Crippen MR) is 85.7 cm³/mol. The molecule has 3 rings (SSSR count). The van der Waals surface area contributed by atoms with Crippen LogP contribution in [0.25, 0.3) is 11.2 Å². The topological polar surface area (TPSA) is 81.0 Å². The Hall–Kier alpha value is -1.70. The summed E-state index contributed by atoms with van der Waals surface area (Å²) in [7, 11) is -3.03. The first-order valence-electron chi connectivity index (χ1n) is 7.60. The van der Waals surface area contributed by atoms with E-state index < -0.39 is 9.84 Å². The summed E-state index contributed by atoms with van der Waals surface area (Å²) in [6.45, 7) is 3.64. The third-order valence-electron chi connectivity index (χ3n) is 4.12. The summed E-state index contributed by atoms with van der Waals surface area (Å²) in [5.74, 6) is 0.915. The highest BCUT2D eigenvalue weighted by Gasteiger charge is 2.28. The van der Waals surface area contributed by atoms with Gasteiger partial charge in [0, 0.05) is 25.4 Å². The molecule has 0 aliphatic carbocycles. The lowest BCUT2D eigenvalue weighted by Crippen LogP contribution is -2.44. The normalized spacial score (nSPS) is 19.7. The smallest absolute Gasteiger partial charge is 0.165 e. The van der Waals surface area contributed by atoms with Gasteiger partial charge in [0.15, 0.2) is 17.0 Å². The fourth-order valence-corrected chi connectivity index (χ4v) is 4.16. The summed E-state index contributed by atoms with van der Waals surface area (Å²) in [4.78, 5) is 15.3. The van der Waals surface area contributed by atoms with Crippen molar-refractivity contribution in [2.45, 2.75) is 38.8 Å². The molecule has 2 aromatic rings. The van der Waals surface area contributed by atoms with Gasteiger partial charge in [-0.05, 0) is 26.2 Å². The number of anilines is 1. The minimum absolute atomic E-state index is 0.0337. The number of hydrogen-bond acceptors (Lipinski definition) is 6. The van der Waals surface area contributed by atoms with Crippen molar-refractivity contribution >= 4 is 26.8 Å². The number of aryl methyl sites for hydroxylation is 1. The van der Waals surface area contributed by atoms with Crippen molar-refractivity contribution in [2.24, 2.45) is 0 Å². The second-order valence-corrected chi connectivity index (χ2v) is 8.02. The first kappa shape index (κ1) is 15.2. The summed E-state index contributed by atoms with van der Waals surface area (Å²) in [6, 6.07) is -0.0337. The van der Waals surface area contributed by atoms with E-state index in [4.69, 9.17) is 0 Å². The van der Waals surface area contributed by atoms with Crippen LogP contribution in [0.2, 0.25) is 0 Å². The van der Waals surface area contributed by atoms with Crippen LogP contribution in [0.1, 0.15) is 26.2 Å². The zero-order valence-corrected chi connectivity index (χ0v) is 13.8. The molecule has 1 unspecified atom stereocenters. The molecule has 7 nitrogen and oxygen atoms in total. The van der Waals surface area contributed by atoms with E-state index in [1.54, 1.807) is 6.33 Å². The van der Waals surface area contributed by atoms with Crippen LogP contribution >= 0.6 is 0 Å². The van der Waals surface area contributed by atoms with Gasteiger partial charge in [-0.2, -0.15) is 0 Å². The Balaban J connectivity index is 2.02. The van der Waals surface area contributed by atoms with Crippen molar-refractivity contribution in [3.05, 3.63) is 12.7 Å². The van der Waals surface area contributed by atoms with Gasteiger partial charge in [0.25, 0.3) is 0 Å². The Bertz CT molecular complexity index is 771. The molecule has 8 heteroatoms. The van der Waals surface area contributed by atoms with Gasteiger partial charge >= 0.3 is 0 Å². The first-order chi connectivity index (χ1) is 10.5. The minimum Gasteiger partial charge on any atom is -0.351 e. The first-order valence-corrected chi connectivity index (χ1v) is 9.66. The third-order valence-corrected chi connectivity index (χ3v) is 5.11. The Morgan fingerprint density at radius 1 is 1.27 bits per heavy atom. The zero-order chi connectivity index (χ0) is 15.7. The van der Waals surface area contributed by atoms with Crippen molar-refractivity contribution < 1.29 is 8.42 Å². The van der Waals surface area contributed by atoms with E-state index in [9.17, 15) is 8.42 Å². The summed E-state index contributed by atoms with van der Waals surface area (Å²) >= 11 is 0. The molecule has 22 heavy (non-hydrogen) atoms. The largest absolute Gasteiger partial charge is 0.351 e. The fourth-order valence-electron chi connectivity index (χ4n) is 3.11. The molecular weight excluding hydrogens is 302 g/mol. The highest BCUT2D eigenvalue weighted by molar-refractivity contribution is 7.90. The van der Waals surface area contributed by atoms with Gasteiger partial charge in [0.2, 0.25) is 0 Å². The Morgan fingerprint density at radius 3 is 2.82 bits per heavy atom. The molecule has 1 fully saturated rings. The molecule has 0 saturated carbocycles. The third kappa shape index (κ3) is 2.92. The van der Waals surface area contributed by atoms with Crippen molar-refractivity contribution in [3.63, 3.8) is 0 Å². The van der Waals surface area contributed by atoms with Crippen LogP contribution in [0, 0.1) is 0 Å². The number of sulfone groups is 1. The van der Waals surface area contributed by atoms with Crippen LogP contribution in [0.5, 0.6) is 0 Å². The number of hydrogen-bond donors (Lipinski definition) is 0. The molecule has 0 aromatic carbocycles. The maximum Gasteiger partial charge on any atom is 0.165 e. The molecule has 1 aliphatic heterocycles. The number of fused-ring (bicyclic) bond motifs is 1. The van der Waals surface area contributed by atoms with Crippen LogP contribution in [-0.2, 0) is 16.4 Å². The number of nitrogens with zero attached hydrogens (tertiary/aromatic N) is 5. The van der Waals surface area contributed by atoms with Crippen LogP contribution < -0.4 is 4.90 Å². The Kier molecular flexibility index (Phi) is 4.03. The standard InChI is InChI=1S/C14H21N5O2S/c1-3-18-10-17-12-13(18)15-9-16-14(12)19-7-5-4-6-11(19)8-22(2,20)21/h9-11H,3-8H2,1-2H3. The molecule has 120 valence electrons. The molecule has 0 N–H and O–H groups in total. The second kappa shape index (κ2) is 5.83. The van der Waals surface area contributed by atoms with Crippen LogP contribution in [-0.4, -0.2) is 52.5 Å². The fraction of sp³-hybridized carbons (Fsp3) is 0.643. The predicted octanol–water partition coefficient (Wildman–Crippen LogP) is 1.25. The Morgan fingerprint density at radius 2 is 2.09 bits per heavy atom. The van der Waals surface area contributed by atoms with Crippen molar-refractivity contribution in [1.29, 1.82) is 0 Å². The monoisotopic (exact) mass is 323 g/mol. The van der Waals surface area contributed by atoms with Gasteiger partial charge in [0.1, 0.15) is 16.2 Å². The van der Waals surface area contributed by atoms with Gasteiger partial charge in [-0.1, -0.05) is 0 Å². The SMILES string of the molecule is CCn1cnc2c(N3CCCCC3CS(C)(=O)=O)ncnc21. The molecule has 1 aliphatic rings. The highest BCUT2D eigenvalue weighted by atomic mass is 32.2. The molecule has 0 bridgehead atoms. The van der Waals surface area contributed by atoms with Gasteiger partial charge in [-0.15, -0.1) is 0 Å². The molecule has 2 aromatic heterocycles. The van der Waals surface area contributed by atoms with Gasteiger partial charge < -0.3 is 9.47 Å². The van der Waals surface area contributed by atoms with Gasteiger partial charge in [-0.25, -0.2) is 23.4 Å². The molecule has 0 radical (unpaired) electrons. The summed E-state index contributed by atoms with van der Waals surface area (Å²) < 4.78 is 25.4. The zero-order valence-electron chi connectivity index (χ0n) is 12.9.